The van der Waals surface area contributed by atoms with Crippen LogP contribution in [0.15, 0.2) is 34.9 Å². The van der Waals surface area contributed by atoms with Gasteiger partial charge in [0, 0.05) is 31.5 Å². The molecule has 0 fully saturated rings. The first kappa shape index (κ1) is 15.2. The molecule has 0 aliphatic rings. The maximum atomic E-state index is 12.9. The molecule has 112 valence electrons. The molecule has 4 nitrogen and oxygen atoms in total. The average Bonchev–Trinajstić information content (AvgIpc) is 2.96. The van der Waals surface area contributed by atoms with Crippen LogP contribution in [0.5, 0.6) is 0 Å². The second-order valence-electron chi connectivity index (χ2n) is 4.69. The largest absolute Gasteiger partial charge is 0.441 e. The highest BCUT2D eigenvalue weighted by Crippen LogP contribution is 2.21. The molecular formula is C16H19FN2O2. The van der Waals surface area contributed by atoms with Crippen LogP contribution in [0.1, 0.15) is 26.2 Å². The summed E-state index contributed by atoms with van der Waals surface area (Å²) in [5.41, 5.74) is 0.769. The third-order valence-electron chi connectivity index (χ3n) is 3.35. The van der Waals surface area contributed by atoms with E-state index in [2.05, 4.69) is 4.98 Å². The molecule has 1 aromatic carbocycles. The summed E-state index contributed by atoms with van der Waals surface area (Å²) >= 11 is 0. The number of rotatable bonds is 6. The molecule has 0 radical (unpaired) electrons. The number of carbonyl (C=O) groups excluding carboxylic acids is 1. The number of aromatic nitrogens is 1. The summed E-state index contributed by atoms with van der Waals surface area (Å²) in [4.78, 5) is 17.9. The van der Waals surface area contributed by atoms with Crippen molar-refractivity contribution in [2.45, 2.75) is 26.7 Å². The smallest absolute Gasteiger partial charge is 0.223 e. The maximum absolute atomic E-state index is 12.9. The van der Waals surface area contributed by atoms with Gasteiger partial charge in [-0.2, -0.15) is 0 Å². The van der Waals surface area contributed by atoms with Gasteiger partial charge in [0.05, 0.1) is 6.20 Å². The Bertz CT molecular complexity index is 589. The van der Waals surface area contributed by atoms with Gasteiger partial charge in [-0.3, -0.25) is 4.79 Å². The number of aryl methyl sites for hydroxylation is 1. The van der Waals surface area contributed by atoms with E-state index in [1.165, 1.54) is 12.1 Å². The van der Waals surface area contributed by atoms with Crippen LogP contribution in [-0.2, 0) is 11.2 Å². The van der Waals surface area contributed by atoms with Crippen LogP contribution in [0.25, 0.3) is 11.3 Å². The van der Waals surface area contributed by atoms with Crippen LogP contribution in [0.2, 0.25) is 0 Å². The zero-order chi connectivity index (χ0) is 15.2. The molecule has 21 heavy (non-hydrogen) atoms. The molecule has 0 aliphatic heterocycles. The number of hydrogen-bond acceptors (Lipinski definition) is 3. The molecule has 2 aromatic rings. The van der Waals surface area contributed by atoms with Crippen molar-refractivity contribution in [2.75, 3.05) is 13.1 Å². The molecule has 0 saturated heterocycles. The van der Waals surface area contributed by atoms with Crippen LogP contribution in [0.4, 0.5) is 4.39 Å². The number of amides is 1. The molecule has 5 heteroatoms. The van der Waals surface area contributed by atoms with Gasteiger partial charge < -0.3 is 9.32 Å². The molecule has 0 bridgehead atoms. The lowest BCUT2D eigenvalue weighted by molar-refractivity contribution is -0.130. The van der Waals surface area contributed by atoms with Crippen molar-refractivity contribution in [3.8, 4) is 11.3 Å². The summed E-state index contributed by atoms with van der Waals surface area (Å²) < 4.78 is 18.5. The minimum Gasteiger partial charge on any atom is -0.441 e. The predicted molar refractivity (Wildman–Crippen MR) is 78.1 cm³/mol. The quantitative estimate of drug-likeness (QED) is 0.820. The Morgan fingerprint density at radius 3 is 2.52 bits per heavy atom. The number of hydrogen-bond donors (Lipinski definition) is 0. The first-order valence-electron chi connectivity index (χ1n) is 7.12. The van der Waals surface area contributed by atoms with Crippen molar-refractivity contribution in [1.82, 2.24) is 9.88 Å². The van der Waals surface area contributed by atoms with E-state index >= 15 is 0 Å². The van der Waals surface area contributed by atoms with E-state index in [-0.39, 0.29) is 11.7 Å². The molecular weight excluding hydrogens is 271 g/mol. The summed E-state index contributed by atoms with van der Waals surface area (Å²) in [5.74, 6) is 0.917. The SMILES string of the molecule is CCN(CC)C(=O)CCc1ncc(-c2ccc(F)cc2)o1. The summed E-state index contributed by atoms with van der Waals surface area (Å²) in [5, 5.41) is 0. The van der Waals surface area contributed by atoms with E-state index in [1.807, 2.05) is 13.8 Å². The second-order valence-corrected chi connectivity index (χ2v) is 4.69. The van der Waals surface area contributed by atoms with Crippen molar-refractivity contribution in [1.29, 1.82) is 0 Å². The topological polar surface area (TPSA) is 46.3 Å². The fourth-order valence-corrected chi connectivity index (χ4v) is 2.12. The van der Waals surface area contributed by atoms with E-state index in [1.54, 1.807) is 23.2 Å². The molecule has 0 saturated carbocycles. The van der Waals surface area contributed by atoms with Crippen LogP contribution in [-0.4, -0.2) is 28.9 Å². The summed E-state index contributed by atoms with van der Waals surface area (Å²) in [6, 6.07) is 6.03. The number of carbonyl (C=O) groups is 1. The predicted octanol–water partition coefficient (Wildman–Crippen LogP) is 3.28. The van der Waals surface area contributed by atoms with Gasteiger partial charge in [0.2, 0.25) is 5.91 Å². The third kappa shape index (κ3) is 3.90. The first-order chi connectivity index (χ1) is 10.1. The average molecular weight is 290 g/mol. The Kier molecular flexibility index (Phi) is 5.09. The van der Waals surface area contributed by atoms with Crippen LogP contribution < -0.4 is 0 Å². The van der Waals surface area contributed by atoms with Gasteiger partial charge in [-0.25, -0.2) is 9.37 Å². The van der Waals surface area contributed by atoms with E-state index in [0.717, 1.165) is 5.56 Å². The highest BCUT2D eigenvalue weighted by Gasteiger charge is 2.12. The summed E-state index contributed by atoms with van der Waals surface area (Å²) in [7, 11) is 0. The van der Waals surface area contributed by atoms with Crippen LogP contribution in [0, 0.1) is 5.82 Å². The first-order valence-corrected chi connectivity index (χ1v) is 7.12. The van der Waals surface area contributed by atoms with Crippen LogP contribution >= 0.6 is 0 Å². The van der Waals surface area contributed by atoms with E-state index in [4.69, 9.17) is 4.42 Å². The minimum absolute atomic E-state index is 0.0986. The zero-order valence-corrected chi connectivity index (χ0v) is 12.3. The number of halogens is 1. The van der Waals surface area contributed by atoms with Gasteiger partial charge in [-0.05, 0) is 38.1 Å². The van der Waals surface area contributed by atoms with Crippen molar-refractivity contribution in [3.05, 3.63) is 42.2 Å². The molecule has 0 aliphatic carbocycles. The molecule has 1 heterocycles. The number of benzene rings is 1. The summed E-state index contributed by atoms with van der Waals surface area (Å²) in [6.45, 7) is 5.34. The van der Waals surface area contributed by atoms with Gasteiger partial charge in [0.25, 0.3) is 0 Å². The van der Waals surface area contributed by atoms with Gasteiger partial charge in [0.15, 0.2) is 11.7 Å². The fourth-order valence-electron chi connectivity index (χ4n) is 2.12. The molecule has 1 amide bonds. The Morgan fingerprint density at radius 2 is 1.90 bits per heavy atom. The maximum Gasteiger partial charge on any atom is 0.223 e. The van der Waals surface area contributed by atoms with E-state index < -0.39 is 0 Å². The minimum atomic E-state index is -0.289. The standard InChI is InChI=1S/C16H19FN2O2/c1-3-19(4-2)16(20)10-9-15-18-11-14(21-15)12-5-7-13(17)8-6-12/h5-8,11H,3-4,9-10H2,1-2H3. The highest BCUT2D eigenvalue weighted by atomic mass is 19.1. The second kappa shape index (κ2) is 7.02. The van der Waals surface area contributed by atoms with E-state index in [9.17, 15) is 9.18 Å². The summed E-state index contributed by atoms with van der Waals surface area (Å²) in [6.07, 6.45) is 2.45. The lowest BCUT2D eigenvalue weighted by Crippen LogP contribution is -2.30. The zero-order valence-electron chi connectivity index (χ0n) is 12.3. The lowest BCUT2D eigenvalue weighted by atomic mass is 10.2. The Balaban J connectivity index is 1.97. The number of nitrogens with zero attached hydrogens (tertiary/aromatic N) is 2. The van der Waals surface area contributed by atoms with Gasteiger partial charge in [-0.1, -0.05) is 0 Å². The molecule has 1 aromatic heterocycles. The van der Waals surface area contributed by atoms with Gasteiger partial charge in [0.1, 0.15) is 5.82 Å². The van der Waals surface area contributed by atoms with Crippen molar-refractivity contribution < 1.29 is 13.6 Å². The molecule has 0 unspecified atom stereocenters. The molecule has 0 spiro atoms. The third-order valence-corrected chi connectivity index (χ3v) is 3.35. The molecule has 0 N–H and O–H groups in total. The van der Waals surface area contributed by atoms with E-state index in [0.29, 0.717) is 37.6 Å². The Morgan fingerprint density at radius 1 is 1.24 bits per heavy atom. The Labute approximate surface area is 123 Å². The number of oxazole rings is 1. The van der Waals surface area contributed by atoms with Crippen LogP contribution in [0.3, 0.4) is 0 Å². The fraction of sp³-hybridized carbons (Fsp3) is 0.375. The highest BCUT2D eigenvalue weighted by molar-refractivity contribution is 5.76. The van der Waals surface area contributed by atoms with Gasteiger partial charge >= 0.3 is 0 Å². The lowest BCUT2D eigenvalue weighted by Gasteiger charge is -2.17. The monoisotopic (exact) mass is 290 g/mol. The van der Waals surface area contributed by atoms with Crippen molar-refractivity contribution in [2.24, 2.45) is 0 Å². The van der Waals surface area contributed by atoms with Gasteiger partial charge in [-0.15, -0.1) is 0 Å². The Hall–Kier alpha value is -2.17. The molecule has 2 rings (SSSR count). The normalized spacial score (nSPS) is 10.6. The van der Waals surface area contributed by atoms with Crippen molar-refractivity contribution in [3.63, 3.8) is 0 Å². The molecule has 0 atom stereocenters. The van der Waals surface area contributed by atoms with Crippen molar-refractivity contribution >= 4 is 5.91 Å².